The van der Waals surface area contributed by atoms with Crippen LogP contribution in [0.15, 0.2) is 0 Å². The topological polar surface area (TPSA) is 84.2 Å². The van der Waals surface area contributed by atoms with E-state index in [4.69, 9.17) is 18.0 Å². The summed E-state index contributed by atoms with van der Waals surface area (Å²) in [4.78, 5) is 24.2. The van der Waals surface area contributed by atoms with E-state index in [1.807, 2.05) is 13.8 Å². The number of rotatable bonds is 4. The number of nitrogens with one attached hydrogen (secondary N) is 2. The van der Waals surface area contributed by atoms with Crippen molar-refractivity contribution < 1.29 is 9.59 Å². The Kier molecular flexibility index (Phi) is 4.39. The first kappa shape index (κ1) is 14.9. The molecule has 0 spiro atoms. The monoisotopic (exact) mass is 311 g/mol. The van der Waals surface area contributed by atoms with E-state index < -0.39 is 5.91 Å². The van der Waals surface area contributed by atoms with Gasteiger partial charge in [-0.25, -0.2) is 0 Å². The molecule has 20 heavy (non-hydrogen) atoms. The van der Waals surface area contributed by atoms with Crippen molar-refractivity contribution in [2.24, 2.45) is 11.7 Å². The van der Waals surface area contributed by atoms with Gasteiger partial charge in [-0.05, 0) is 44.0 Å². The number of carbonyl (C=O) groups excluding carboxylic acids is 2. The van der Waals surface area contributed by atoms with E-state index in [-0.39, 0.29) is 16.9 Å². The average Bonchev–Trinajstić information content (AvgIpc) is 3.14. The van der Waals surface area contributed by atoms with Gasteiger partial charge < -0.3 is 16.4 Å². The van der Waals surface area contributed by atoms with Crippen LogP contribution >= 0.6 is 23.6 Å². The maximum atomic E-state index is 11.6. The van der Waals surface area contributed by atoms with E-state index in [1.165, 1.54) is 11.3 Å². The van der Waals surface area contributed by atoms with Crippen LogP contribution in [0.2, 0.25) is 0 Å². The Morgan fingerprint density at radius 2 is 2.10 bits per heavy atom. The highest BCUT2D eigenvalue weighted by Crippen LogP contribution is 2.33. The molecule has 2 rings (SSSR count). The SMILES string of the molecule is CCc1c(C)sc(NC(=S)NC(=O)C2CC2)c1C(N)=O. The van der Waals surface area contributed by atoms with Crippen molar-refractivity contribution in [2.45, 2.75) is 33.1 Å². The van der Waals surface area contributed by atoms with E-state index in [0.717, 1.165) is 29.7 Å². The van der Waals surface area contributed by atoms with Gasteiger partial charge in [0.15, 0.2) is 5.11 Å². The smallest absolute Gasteiger partial charge is 0.251 e. The average molecular weight is 311 g/mol. The number of hydrogen-bond acceptors (Lipinski definition) is 4. The van der Waals surface area contributed by atoms with Crippen molar-refractivity contribution in [1.29, 1.82) is 0 Å². The predicted octanol–water partition coefficient (Wildman–Crippen LogP) is 1.94. The Labute approximate surface area is 126 Å². The minimum atomic E-state index is -0.481. The number of carbonyl (C=O) groups is 2. The second kappa shape index (κ2) is 5.88. The molecule has 1 aromatic rings. The van der Waals surface area contributed by atoms with Gasteiger partial charge in [-0.3, -0.25) is 9.59 Å². The first-order valence-electron chi connectivity index (χ1n) is 6.48. The van der Waals surface area contributed by atoms with Crippen LogP contribution in [0.4, 0.5) is 5.00 Å². The number of anilines is 1. The predicted molar refractivity (Wildman–Crippen MR) is 84.0 cm³/mol. The summed E-state index contributed by atoms with van der Waals surface area (Å²) in [7, 11) is 0. The van der Waals surface area contributed by atoms with E-state index in [2.05, 4.69) is 10.6 Å². The van der Waals surface area contributed by atoms with E-state index in [1.54, 1.807) is 0 Å². The number of nitrogens with two attached hydrogens (primary N) is 1. The quantitative estimate of drug-likeness (QED) is 0.742. The van der Waals surface area contributed by atoms with Crippen LogP contribution < -0.4 is 16.4 Å². The van der Waals surface area contributed by atoms with Gasteiger partial charge in [0.25, 0.3) is 5.91 Å². The summed E-state index contributed by atoms with van der Waals surface area (Å²) < 4.78 is 0. The molecule has 108 valence electrons. The van der Waals surface area contributed by atoms with Gasteiger partial charge >= 0.3 is 0 Å². The summed E-state index contributed by atoms with van der Waals surface area (Å²) in [5.41, 5.74) is 6.84. The lowest BCUT2D eigenvalue weighted by molar-refractivity contribution is -0.120. The number of thiocarbonyl (C=S) groups is 1. The van der Waals surface area contributed by atoms with Crippen LogP contribution in [0.1, 0.15) is 40.6 Å². The van der Waals surface area contributed by atoms with Crippen LogP contribution in [-0.2, 0) is 11.2 Å². The minimum absolute atomic E-state index is 0.0629. The first-order chi connectivity index (χ1) is 9.43. The molecule has 2 amide bonds. The molecule has 1 fully saturated rings. The molecule has 0 aliphatic heterocycles. The Balaban J connectivity index is 2.13. The van der Waals surface area contributed by atoms with Crippen molar-refractivity contribution in [3.63, 3.8) is 0 Å². The van der Waals surface area contributed by atoms with Crippen LogP contribution in [0.5, 0.6) is 0 Å². The Hall–Kier alpha value is -1.47. The van der Waals surface area contributed by atoms with E-state index in [0.29, 0.717) is 10.6 Å². The Morgan fingerprint density at radius 1 is 1.45 bits per heavy atom. The molecule has 4 N–H and O–H groups in total. The highest BCUT2D eigenvalue weighted by atomic mass is 32.1. The van der Waals surface area contributed by atoms with Crippen LogP contribution in [0.3, 0.4) is 0 Å². The molecular formula is C13H17N3O2S2. The van der Waals surface area contributed by atoms with E-state index in [9.17, 15) is 9.59 Å². The zero-order valence-corrected chi connectivity index (χ0v) is 13.0. The van der Waals surface area contributed by atoms with E-state index >= 15 is 0 Å². The third-order valence-electron chi connectivity index (χ3n) is 3.22. The molecule has 0 aromatic carbocycles. The zero-order valence-electron chi connectivity index (χ0n) is 11.4. The molecule has 1 saturated carbocycles. The van der Waals surface area contributed by atoms with Gasteiger partial charge in [0.05, 0.1) is 5.56 Å². The Bertz CT molecular complexity index is 576. The molecule has 0 atom stereocenters. The van der Waals surface area contributed by atoms with Gasteiger partial charge in [0, 0.05) is 10.8 Å². The summed E-state index contributed by atoms with van der Waals surface area (Å²) in [5.74, 6) is -0.459. The van der Waals surface area contributed by atoms with Gasteiger partial charge in [-0.15, -0.1) is 11.3 Å². The van der Waals surface area contributed by atoms with Crippen molar-refractivity contribution in [1.82, 2.24) is 5.32 Å². The fraction of sp³-hybridized carbons (Fsp3) is 0.462. The van der Waals surface area contributed by atoms with Crippen LogP contribution in [-0.4, -0.2) is 16.9 Å². The summed E-state index contributed by atoms with van der Waals surface area (Å²) in [6.07, 6.45) is 2.56. The van der Waals surface area contributed by atoms with Crippen molar-refractivity contribution >= 4 is 45.5 Å². The highest BCUT2D eigenvalue weighted by Gasteiger charge is 2.30. The normalized spacial score (nSPS) is 13.9. The minimum Gasteiger partial charge on any atom is -0.365 e. The zero-order chi connectivity index (χ0) is 14.9. The van der Waals surface area contributed by atoms with Gasteiger partial charge in [0.1, 0.15) is 5.00 Å². The molecule has 1 aliphatic rings. The van der Waals surface area contributed by atoms with Gasteiger partial charge in [-0.2, -0.15) is 0 Å². The summed E-state index contributed by atoms with van der Waals surface area (Å²) >= 11 is 6.53. The van der Waals surface area contributed by atoms with Crippen molar-refractivity contribution in [2.75, 3.05) is 5.32 Å². The fourth-order valence-corrected chi connectivity index (χ4v) is 3.47. The molecule has 0 saturated heterocycles. The number of thiophene rings is 1. The van der Waals surface area contributed by atoms with Crippen molar-refractivity contribution in [3.05, 3.63) is 16.0 Å². The molecule has 7 heteroatoms. The van der Waals surface area contributed by atoms with Crippen LogP contribution in [0.25, 0.3) is 0 Å². The summed E-state index contributed by atoms with van der Waals surface area (Å²) in [5, 5.41) is 6.38. The lowest BCUT2D eigenvalue weighted by atomic mass is 10.1. The number of hydrogen-bond donors (Lipinski definition) is 3. The van der Waals surface area contributed by atoms with Crippen LogP contribution in [0, 0.1) is 12.8 Å². The molecule has 0 unspecified atom stereocenters. The molecular weight excluding hydrogens is 294 g/mol. The van der Waals surface area contributed by atoms with Gasteiger partial charge in [0.2, 0.25) is 5.91 Å². The first-order valence-corrected chi connectivity index (χ1v) is 7.70. The summed E-state index contributed by atoms with van der Waals surface area (Å²) in [6.45, 7) is 3.91. The number of aryl methyl sites for hydroxylation is 1. The lowest BCUT2D eigenvalue weighted by Gasteiger charge is -2.09. The molecule has 1 aromatic heterocycles. The molecule has 5 nitrogen and oxygen atoms in total. The largest absolute Gasteiger partial charge is 0.365 e. The van der Waals surface area contributed by atoms with Gasteiger partial charge in [-0.1, -0.05) is 6.92 Å². The molecule has 0 bridgehead atoms. The fourth-order valence-electron chi connectivity index (χ4n) is 2.05. The number of amides is 2. The third kappa shape index (κ3) is 3.16. The molecule has 1 heterocycles. The highest BCUT2D eigenvalue weighted by molar-refractivity contribution is 7.80. The second-order valence-electron chi connectivity index (χ2n) is 4.78. The maximum absolute atomic E-state index is 11.6. The molecule has 1 aliphatic carbocycles. The Morgan fingerprint density at radius 3 is 2.60 bits per heavy atom. The molecule has 0 radical (unpaired) electrons. The summed E-state index contributed by atoms with van der Waals surface area (Å²) in [6, 6.07) is 0. The third-order valence-corrected chi connectivity index (χ3v) is 4.49. The lowest BCUT2D eigenvalue weighted by Crippen LogP contribution is -2.35. The standard InChI is InChI=1S/C13H17N3O2S2/c1-3-8-6(2)20-12(9(8)10(14)17)16-13(19)15-11(18)7-4-5-7/h7H,3-5H2,1-2H3,(H2,14,17)(H2,15,16,18,19). The van der Waals surface area contributed by atoms with Crippen molar-refractivity contribution in [3.8, 4) is 0 Å². The second-order valence-corrected chi connectivity index (χ2v) is 6.41. The number of primary amides is 1. The maximum Gasteiger partial charge on any atom is 0.251 e.